The Labute approximate surface area is 108 Å². The molecule has 1 fully saturated rings. The summed E-state index contributed by atoms with van der Waals surface area (Å²) in [6.07, 6.45) is 2.65. The van der Waals surface area contributed by atoms with E-state index in [4.69, 9.17) is 0 Å². The molecule has 1 aliphatic rings. The first kappa shape index (κ1) is 12.2. The number of halogens is 1. The third kappa shape index (κ3) is 2.34. The van der Waals surface area contributed by atoms with Gasteiger partial charge in [0, 0.05) is 4.83 Å². The molecule has 1 aliphatic carbocycles. The molecule has 0 saturated heterocycles. The Morgan fingerprint density at radius 2 is 1.75 bits per heavy atom. The highest BCUT2D eigenvalue weighted by atomic mass is 79.9. The summed E-state index contributed by atoms with van der Waals surface area (Å²) in [6.45, 7) is 6.87. The molecule has 2 rings (SSSR count). The number of alkyl halides is 1. The predicted octanol–water partition coefficient (Wildman–Crippen LogP) is 5.09. The van der Waals surface area contributed by atoms with Crippen molar-refractivity contribution in [3.63, 3.8) is 0 Å². The van der Waals surface area contributed by atoms with E-state index in [0.717, 1.165) is 11.8 Å². The number of hydrogen-bond donors (Lipinski definition) is 0. The average Bonchev–Trinajstić information content (AvgIpc) is 2.60. The van der Waals surface area contributed by atoms with Gasteiger partial charge in [-0.15, -0.1) is 0 Å². The van der Waals surface area contributed by atoms with Gasteiger partial charge in [-0.2, -0.15) is 0 Å². The van der Waals surface area contributed by atoms with Gasteiger partial charge in [-0.05, 0) is 41.7 Å². The predicted molar refractivity (Wildman–Crippen MR) is 74.4 cm³/mol. The lowest BCUT2D eigenvalue weighted by Crippen LogP contribution is -2.09. The van der Waals surface area contributed by atoms with Crippen LogP contribution in [-0.4, -0.2) is 4.83 Å². The van der Waals surface area contributed by atoms with Gasteiger partial charge in [0.1, 0.15) is 0 Å². The quantitative estimate of drug-likeness (QED) is 0.662. The first-order valence-corrected chi connectivity index (χ1v) is 7.25. The maximum atomic E-state index is 3.78. The number of benzene rings is 1. The maximum absolute atomic E-state index is 3.78. The maximum Gasteiger partial charge on any atom is 0.0177 e. The molecule has 0 spiro atoms. The normalized spacial score (nSPS) is 29.9. The van der Waals surface area contributed by atoms with Crippen LogP contribution in [-0.2, 0) is 0 Å². The minimum absolute atomic E-state index is 0.638. The average molecular weight is 281 g/mol. The lowest BCUT2D eigenvalue weighted by molar-refractivity contribution is 0.544. The van der Waals surface area contributed by atoms with Gasteiger partial charge in [0.05, 0.1) is 0 Å². The molecule has 1 aromatic rings. The minimum atomic E-state index is 0.638. The van der Waals surface area contributed by atoms with E-state index in [-0.39, 0.29) is 0 Å². The molecule has 0 radical (unpaired) electrons. The Bertz CT molecular complexity index is 339. The molecule has 0 nitrogen and oxygen atoms in total. The van der Waals surface area contributed by atoms with Crippen LogP contribution in [0.4, 0.5) is 0 Å². The molecule has 3 unspecified atom stereocenters. The van der Waals surface area contributed by atoms with Crippen molar-refractivity contribution in [2.75, 3.05) is 0 Å². The van der Waals surface area contributed by atoms with Gasteiger partial charge in [-0.3, -0.25) is 0 Å². The highest BCUT2D eigenvalue weighted by Crippen LogP contribution is 2.42. The lowest BCUT2D eigenvalue weighted by Gasteiger charge is -2.18. The van der Waals surface area contributed by atoms with Crippen LogP contribution in [0.2, 0.25) is 0 Å². The van der Waals surface area contributed by atoms with Gasteiger partial charge in [0.15, 0.2) is 0 Å². The molecule has 1 heteroatoms. The second-order valence-electron chi connectivity index (χ2n) is 5.38. The van der Waals surface area contributed by atoms with Gasteiger partial charge in [-0.25, -0.2) is 0 Å². The highest BCUT2D eigenvalue weighted by molar-refractivity contribution is 9.09. The Morgan fingerprint density at radius 1 is 1.12 bits per heavy atom. The van der Waals surface area contributed by atoms with Gasteiger partial charge in [0.25, 0.3) is 0 Å². The molecule has 3 atom stereocenters. The van der Waals surface area contributed by atoms with Crippen LogP contribution < -0.4 is 0 Å². The summed E-state index contributed by atoms with van der Waals surface area (Å²) in [6, 6.07) is 9.27. The van der Waals surface area contributed by atoms with Crippen molar-refractivity contribution >= 4 is 15.9 Å². The molecular formula is C15H21Br. The minimum Gasteiger partial charge on any atom is -0.0888 e. The summed E-state index contributed by atoms with van der Waals surface area (Å²) in [5, 5.41) is 0. The fraction of sp³-hybridized carbons (Fsp3) is 0.600. The van der Waals surface area contributed by atoms with E-state index in [0.29, 0.717) is 10.7 Å². The molecule has 0 N–H and O–H groups in total. The summed E-state index contributed by atoms with van der Waals surface area (Å²) >= 11 is 3.78. The second-order valence-corrected chi connectivity index (χ2v) is 6.56. The zero-order valence-electron chi connectivity index (χ0n) is 10.4. The van der Waals surface area contributed by atoms with Gasteiger partial charge in [-0.1, -0.05) is 61.0 Å². The van der Waals surface area contributed by atoms with Crippen LogP contribution >= 0.6 is 15.9 Å². The van der Waals surface area contributed by atoms with Crippen molar-refractivity contribution in [3.05, 3.63) is 35.4 Å². The Balaban J connectivity index is 2.16. The zero-order chi connectivity index (χ0) is 11.7. The smallest absolute Gasteiger partial charge is 0.0177 e. The molecule has 1 saturated carbocycles. The Kier molecular flexibility index (Phi) is 3.73. The SMILES string of the molecule is CC(C)c1ccc(C2CCC(Br)C2C)cc1. The highest BCUT2D eigenvalue weighted by Gasteiger charge is 2.31. The Morgan fingerprint density at radius 3 is 2.19 bits per heavy atom. The van der Waals surface area contributed by atoms with E-state index in [1.165, 1.54) is 24.0 Å². The number of rotatable bonds is 2. The fourth-order valence-electron chi connectivity index (χ4n) is 2.71. The molecule has 0 heterocycles. The van der Waals surface area contributed by atoms with Crippen molar-refractivity contribution in [2.45, 2.75) is 50.3 Å². The third-order valence-corrected chi connectivity index (χ3v) is 5.28. The van der Waals surface area contributed by atoms with Crippen LogP contribution in [0.25, 0.3) is 0 Å². The fourth-order valence-corrected chi connectivity index (χ4v) is 3.35. The molecule has 1 aromatic carbocycles. The molecule has 16 heavy (non-hydrogen) atoms. The van der Waals surface area contributed by atoms with E-state index in [2.05, 4.69) is 61.0 Å². The van der Waals surface area contributed by atoms with Crippen molar-refractivity contribution in [1.82, 2.24) is 0 Å². The molecule has 0 aromatic heterocycles. The molecule has 0 amide bonds. The molecule has 88 valence electrons. The third-order valence-electron chi connectivity index (χ3n) is 3.99. The van der Waals surface area contributed by atoms with E-state index >= 15 is 0 Å². The second kappa shape index (κ2) is 4.91. The van der Waals surface area contributed by atoms with E-state index in [9.17, 15) is 0 Å². The van der Waals surface area contributed by atoms with E-state index in [1.54, 1.807) is 0 Å². The van der Waals surface area contributed by atoms with Crippen molar-refractivity contribution in [2.24, 2.45) is 5.92 Å². The topological polar surface area (TPSA) is 0 Å². The van der Waals surface area contributed by atoms with Gasteiger partial charge < -0.3 is 0 Å². The van der Waals surface area contributed by atoms with Crippen molar-refractivity contribution < 1.29 is 0 Å². The first-order valence-electron chi connectivity index (χ1n) is 6.33. The first-order chi connectivity index (χ1) is 7.59. The molecule has 0 bridgehead atoms. The van der Waals surface area contributed by atoms with Crippen molar-refractivity contribution in [3.8, 4) is 0 Å². The summed E-state index contributed by atoms with van der Waals surface area (Å²) in [7, 11) is 0. The van der Waals surface area contributed by atoms with E-state index < -0.39 is 0 Å². The zero-order valence-corrected chi connectivity index (χ0v) is 12.0. The molecule has 0 aliphatic heterocycles. The van der Waals surface area contributed by atoms with Crippen LogP contribution in [0, 0.1) is 5.92 Å². The van der Waals surface area contributed by atoms with E-state index in [1.807, 2.05) is 0 Å². The van der Waals surface area contributed by atoms with Gasteiger partial charge >= 0.3 is 0 Å². The standard InChI is InChI=1S/C15H21Br/c1-10(2)12-4-6-13(7-5-12)14-8-9-15(16)11(14)3/h4-7,10-11,14-15H,8-9H2,1-3H3. The van der Waals surface area contributed by atoms with Gasteiger partial charge in [0.2, 0.25) is 0 Å². The Hall–Kier alpha value is -0.300. The van der Waals surface area contributed by atoms with Crippen LogP contribution in [0.3, 0.4) is 0 Å². The van der Waals surface area contributed by atoms with Crippen LogP contribution in [0.5, 0.6) is 0 Å². The van der Waals surface area contributed by atoms with Crippen LogP contribution in [0.15, 0.2) is 24.3 Å². The summed E-state index contributed by atoms with van der Waals surface area (Å²) < 4.78 is 0. The van der Waals surface area contributed by atoms with Crippen molar-refractivity contribution in [1.29, 1.82) is 0 Å². The largest absolute Gasteiger partial charge is 0.0888 e. The summed E-state index contributed by atoms with van der Waals surface area (Å²) in [5.74, 6) is 2.16. The monoisotopic (exact) mass is 280 g/mol. The molecular weight excluding hydrogens is 260 g/mol. The number of hydrogen-bond acceptors (Lipinski definition) is 0. The summed E-state index contributed by atoms with van der Waals surface area (Å²) in [4.78, 5) is 0.710. The summed E-state index contributed by atoms with van der Waals surface area (Å²) in [5.41, 5.74) is 2.98. The lowest BCUT2D eigenvalue weighted by atomic mass is 9.89. The van der Waals surface area contributed by atoms with Crippen LogP contribution in [0.1, 0.15) is 56.6 Å².